The number of rotatable bonds is 8. The molecule has 6 heteroatoms. The van der Waals surface area contributed by atoms with Crippen LogP contribution in [0.15, 0.2) is 78.3 Å². The molecule has 34 heavy (non-hydrogen) atoms. The van der Waals surface area contributed by atoms with Crippen molar-refractivity contribution < 1.29 is 0 Å². The fourth-order valence-electron chi connectivity index (χ4n) is 4.48. The number of aromatic nitrogens is 3. The van der Waals surface area contributed by atoms with Crippen LogP contribution in [0.3, 0.4) is 0 Å². The maximum atomic E-state index is 6.22. The molecule has 3 aromatic carbocycles. The van der Waals surface area contributed by atoms with Crippen molar-refractivity contribution >= 4 is 45.6 Å². The maximum Gasteiger partial charge on any atom is 0.109 e. The summed E-state index contributed by atoms with van der Waals surface area (Å²) in [4.78, 5) is 9.65. The van der Waals surface area contributed by atoms with Crippen molar-refractivity contribution in [2.75, 3.05) is 0 Å². The molecule has 2 heterocycles. The van der Waals surface area contributed by atoms with Crippen LogP contribution in [0.25, 0.3) is 11.0 Å². The highest BCUT2D eigenvalue weighted by atomic mass is 35.5. The van der Waals surface area contributed by atoms with Gasteiger partial charge in [-0.2, -0.15) is 0 Å². The third kappa shape index (κ3) is 4.90. The topological polar surface area (TPSA) is 30.7 Å². The van der Waals surface area contributed by atoms with E-state index in [2.05, 4.69) is 52.9 Å². The van der Waals surface area contributed by atoms with Crippen molar-refractivity contribution in [2.24, 2.45) is 0 Å². The fraction of sp³-hybridized carbons (Fsp3) is 0.214. The zero-order valence-electron chi connectivity index (χ0n) is 18.9. The lowest BCUT2D eigenvalue weighted by molar-refractivity contribution is 0.658. The van der Waals surface area contributed by atoms with Crippen molar-refractivity contribution in [2.45, 2.75) is 38.6 Å². The predicted octanol–water partition coefficient (Wildman–Crippen LogP) is 8.18. The summed E-state index contributed by atoms with van der Waals surface area (Å²) in [5.41, 5.74) is 5.81. The van der Waals surface area contributed by atoms with E-state index in [-0.39, 0.29) is 5.92 Å². The van der Waals surface area contributed by atoms with Gasteiger partial charge in [0.2, 0.25) is 0 Å². The predicted molar refractivity (Wildman–Crippen MR) is 143 cm³/mol. The quantitative estimate of drug-likeness (QED) is 0.213. The van der Waals surface area contributed by atoms with E-state index in [1.807, 2.05) is 41.9 Å². The lowest BCUT2D eigenvalue weighted by Crippen LogP contribution is -2.07. The molecule has 3 nitrogen and oxygen atoms in total. The number of halogens is 2. The highest BCUT2D eigenvalue weighted by Gasteiger charge is 2.21. The summed E-state index contributed by atoms with van der Waals surface area (Å²) in [6.07, 6.45) is 4.78. The van der Waals surface area contributed by atoms with Crippen molar-refractivity contribution in [1.82, 2.24) is 14.5 Å². The van der Waals surface area contributed by atoms with Crippen LogP contribution in [0.2, 0.25) is 10.0 Å². The molecular formula is C28H25Cl2N3S. The molecule has 0 spiro atoms. The number of aryl methyl sites for hydroxylation is 3. The maximum absolute atomic E-state index is 6.22. The fourth-order valence-corrected chi connectivity index (χ4v) is 5.61. The Kier molecular flexibility index (Phi) is 7.00. The molecule has 0 N–H and O–H groups in total. The molecule has 172 valence electrons. The van der Waals surface area contributed by atoms with Gasteiger partial charge < -0.3 is 4.57 Å². The summed E-state index contributed by atoms with van der Waals surface area (Å²) in [6, 6.07) is 22.8. The van der Waals surface area contributed by atoms with Gasteiger partial charge in [-0.1, -0.05) is 60.5 Å². The van der Waals surface area contributed by atoms with Gasteiger partial charge in [-0.05, 0) is 65.9 Å². The molecule has 0 amide bonds. The van der Waals surface area contributed by atoms with Gasteiger partial charge in [0, 0.05) is 34.6 Å². The summed E-state index contributed by atoms with van der Waals surface area (Å²) in [6.45, 7) is 3.06. The molecule has 5 aromatic rings. The van der Waals surface area contributed by atoms with Crippen LogP contribution in [0, 0.1) is 0 Å². The number of fused-ring (bicyclic) bond motifs is 1. The van der Waals surface area contributed by atoms with Crippen molar-refractivity contribution in [3.63, 3.8) is 0 Å². The molecule has 0 aliphatic carbocycles. The molecule has 2 aromatic heterocycles. The molecule has 0 aliphatic heterocycles. The lowest BCUT2D eigenvalue weighted by atomic mass is 9.91. The van der Waals surface area contributed by atoms with Crippen LogP contribution in [0.4, 0.5) is 0 Å². The Balaban J connectivity index is 1.58. The lowest BCUT2D eigenvalue weighted by Gasteiger charge is -2.17. The Morgan fingerprint density at radius 1 is 0.912 bits per heavy atom. The number of hydrogen-bond donors (Lipinski definition) is 0. The van der Waals surface area contributed by atoms with E-state index in [4.69, 9.17) is 28.2 Å². The van der Waals surface area contributed by atoms with Gasteiger partial charge in [-0.3, -0.25) is 0 Å². The Morgan fingerprint density at radius 2 is 1.74 bits per heavy atom. The SMILES string of the molecule is CCCc1nc2ccc(C(c3ccc(Cl)cc3)c3nccs3)cc2n1CCc1cccc(Cl)c1. The van der Waals surface area contributed by atoms with E-state index in [0.29, 0.717) is 0 Å². The van der Waals surface area contributed by atoms with Gasteiger partial charge in [0.25, 0.3) is 0 Å². The van der Waals surface area contributed by atoms with Crippen LogP contribution >= 0.6 is 34.5 Å². The Hall–Kier alpha value is -2.66. The van der Waals surface area contributed by atoms with Gasteiger partial charge >= 0.3 is 0 Å². The number of imidazole rings is 1. The van der Waals surface area contributed by atoms with Gasteiger partial charge in [0.15, 0.2) is 0 Å². The summed E-state index contributed by atoms with van der Waals surface area (Å²) in [5.74, 6) is 1.18. The molecule has 1 unspecified atom stereocenters. The molecule has 0 saturated carbocycles. The normalized spacial score (nSPS) is 12.3. The first-order chi connectivity index (χ1) is 16.6. The smallest absolute Gasteiger partial charge is 0.109 e. The summed E-state index contributed by atoms with van der Waals surface area (Å²) in [5, 5.41) is 4.62. The highest BCUT2D eigenvalue weighted by Crippen LogP contribution is 2.35. The monoisotopic (exact) mass is 505 g/mol. The first kappa shape index (κ1) is 23.1. The molecule has 0 aliphatic rings. The first-order valence-electron chi connectivity index (χ1n) is 11.5. The standard InChI is InChI=1S/C28H25Cl2N3S/c1-2-4-26-32-24-12-9-21(18-25(24)33(26)15-13-19-5-3-6-23(30)17-19)27(28-31-14-16-34-28)20-7-10-22(29)11-8-20/h3,5-12,14,16-18,27H,2,4,13,15H2,1H3. The second-order valence-electron chi connectivity index (χ2n) is 8.41. The van der Waals surface area contributed by atoms with Crippen molar-refractivity contribution in [3.05, 3.63) is 116 Å². The van der Waals surface area contributed by atoms with Crippen LogP contribution in [0.1, 0.15) is 46.8 Å². The van der Waals surface area contributed by atoms with Gasteiger partial charge in [-0.15, -0.1) is 11.3 Å². The van der Waals surface area contributed by atoms with Crippen LogP contribution < -0.4 is 0 Å². The zero-order valence-corrected chi connectivity index (χ0v) is 21.2. The minimum Gasteiger partial charge on any atom is -0.328 e. The third-order valence-electron chi connectivity index (χ3n) is 6.07. The number of nitrogens with zero attached hydrogens (tertiary/aromatic N) is 3. The van der Waals surface area contributed by atoms with E-state index in [0.717, 1.165) is 52.2 Å². The largest absolute Gasteiger partial charge is 0.328 e. The number of benzene rings is 3. The Labute approximate surface area is 214 Å². The number of thiazole rings is 1. The van der Waals surface area contributed by atoms with E-state index in [9.17, 15) is 0 Å². The highest BCUT2D eigenvalue weighted by molar-refractivity contribution is 7.09. The van der Waals surface area contributed by atoms with Crippen LogP contribution in [-0.4, -0.2) is 14.5 Å². The van der Waals surface area contributed by atoms with Gasteiger partial charge in [0.05, 0.1) is 17.0 Å². The summed E-state index contributed by atoms with van der Waals surface area (Å²) >= 11 is 14.1. The van der Waals surface area contributed by atoms with E-state index in [1.165, 1.54) is 22.2 Å². The van der Waals surface area contributed by atoms with E-state index in [1.54, 1.807) is 11.3 Å². The number of hydrogen-bond acceptors (Lipinski definition) is 3. The molecular weight excluding hydrogens is 481 g/mol. The molecule has 0 saturated heterocycles. The van der Waals surface area contributed by atoms with E-state index >= 15 is 0 Å². The average Bonchev–Trinajstić information content (AvgIpc) is 3.48. The van der Waals surface area contributed by atoms with Crippen LogP contribution in [0.5, 0.6) is 0 Å². The second-order valence-corrected chi connectivity index (χ2v) is 10.2. The van der Waals surface area contributed by atoms with E-state index < -0.39 is 0 Å². The second kappa shape index (κ2) is 10.3. The average molecular weight is 507 g/mol. The minimum atomic E-state index is 0.0487. The Bertz CT molecular complexity index is 1390. The van der Waals surface area contributed by atoms with Gasteiger partial charge in [-0.25, -0.2) is 9.97 Å². The van der Waals surface area contributed by atoms with Gasteiger partial charge in [0.1, 0.15) is 10.8 Å². The third-order valence-corrected chi connectivity index (χ3v) is 7.40. The first-order valence-corrected chi connectivity index (χ1v) is 13.1. The van der Waals surface area contributed by atoms with Crippen molar-refractivity contribution in [3.8, 4) is 0 Å². The zero-order chi connectivity index (χ0) is 23.5. The van der Waals surface area contributed by atoms with Crippen molar-refractivity contribution in [1.29, 1.82) is 0 Å². The summed E-state index contributed by atoms with van der Waals surface area (Å²) in [7, 11) is 0. The molecule has 0 bridgehead atoms. The molecule has 0 radical (unpaired) electrons. The molecule has 0 fully saturated rings. The van der Waals surface area contributed by atoms with Crippen LogP contribution in [-0.2, 0) is 19.4 Å². The molecule has 1 atom stereocenters. The molecule has 5 rings (SSSR count). The summed E-state index contributed by atoms with van der Waals surface area (Å²) < 4.78 is 2.38. The minimum absolute atomic E-state index is 0.0487. The Morgan fingerprint density at radius 3 is 2.47 bits per heavy atom.